The first-order valence-electron chi connectivity index (χ1n) is 3.76. The molecular weight excluding hydrogens is 124 g/mol. The molecule has 10 heavy (non-hydrogen) atoms. The predicted octanol–water partition coefficient (Wildman–Crippen LogP) is 2.12. The molecule has 1 heteroatoms. The van der Waals surface area contributed by atoms with Crippen molar-refractivity contribution in [2.75, 3.05) is 0 Å². The molecule has 0 aliphatic heterocycles. The molecule has 2 unspecified atom stereocenters. The van der Waals surface area contributed by atoms with Crippen molar-refractivity contribution in [3.63, 3.8) is 0 Å². The van der Waals surface area contributed by atoms with Crippen molar-refractivity contribution in [3.8, 4) is 0 Å². The molecule has 0 aromatic heterocycles. The second kappa shape index (κ2) is 5.28. The molecule has 1 nitrogen and oxygen atoms in total. The summed E-state index contributed by atoms with van der Waals surface area (Å²) in [5, 5.41) is 9.29. The maximum atomic E-state index is 9.29. The summed E-state index contributed by atoms with van der Waals surface area (Å²) in [6.45, 7) is 7.54. The van der Waals surface area contributed by atoms with E-state index >= 15 is 0 Å². The van der Waals surface area contributed by atoms with Crippen molar-refractivity contribution in [2.24, 2.45) is 5.92 Å². The maximum absolute atomic E-state index is 9.29. The van der Waals surface area contributed by atoms with Gasteiger partial charge in [-0.25, -0.2) is 0 Å². The Morgan fingerprint density at radius 2 is 2.30 bits per heavy atom. The number of hydrogen-bond donors (Lipinski definition) is 1. The Kier molecular flexibility index (Phi) is 5.00. The monoisotopic (exact) mass is 140 g/mol. The molecule has 0 saturated heterocycles. The fourth-order valence-corrected chi connectivity index (χ4v) is 0.911. The van der Waals surface area contributed by atoms with Gasteiger partial charge in [0.1, 0.15) is 0 Å². The Morgan fingerprint density at radius 1 is 1.70 bits per heavy atom. The summed E-state index contributed by atoms with van der Waals surface area (Å²) in [5.74, 6) is 0.333. The Hall–Kier alpha value is -0.520. The largest absolute Gasteiger partial charge is 0.388 e. The van der Waals surface area contributed by atoms with Crippen LogP contribution >= 0.6 is 0 Å². The zero-order valence-electron chi connectivity index (χ0n) is 6.80. The van der Waals surface area contributed by atoms with Crippen LogP contribution in [0.15, 0.2) is 18.4 Å². The first-order chi connectivity index (χ1) is 4.72. The highest BCUT2D eigenvalue weighted by Crippen LogP contribution is 2.10. The van der Waals surface area contributed by atoms with Gasteiger partial charge in [-0.05, 0) is 18.4 Å². The summed E-state index contributed by atoms with van der Waals surface area (Å²) in [6, 6.07) is 0. The Bertz CT molecular complexity index is 123. The van der Waals surface area contributed by atoms with Crippen LogP contribution in [0.2, 0.25) is 0 Å². The van der Waals surface area contributed by atoms with E-state index in [0.717, 1.165) is 12.8 Å². The van der Waals surface area contributed by atoms with Crippen molar-refractivity contribution in [1.82, 2.24) is 0 Å². The van der Waals surface area contributed by atoms with E-state index in [2.05, 4.69) is 19.2 Å². The normalized spacial score (nSPS) is 15.5. The smallest absolute Gasteiger partial charge is 0.0819 e. The molecule has 1 N–H and O–H groups in total. The van der Waals surface area contributed by atoms with Crippen LogP contribution < -0.4 is 0 Å². The van der Waals surface area contributed by atoms with E-state index in [0.29, 0.717) is 5.92 Å². The molecule has 0 radical (unpaired) electrons. The molecule has 0 amide bonds. The minimum atomic E-state index is -0.363. The number of hydrogen-bond acceptors (Lipinski definition) is 1. The highest BCUT2D eigenvalue weighted by Gasteiger charge is 2.08. The topological polar surface area (TPSA) is 20.2 Å². The molecular formula is C9H16O. The van der Waals surface area contributed by atoms with Gasteiger partial charge in [0.2, 0.25) is 0 Å². The molecule has 0 saturated carbocycles. The van der Waals surface area contributed by atoms with Crippen LogP contribution in [0.5, 0.6) is 0 Å². The molecule has 0 fully saturated rings. The Morgan fingerprint density at radius 3 is 2.70 bits per heavy atom. The minimum Gasteiger partial charge on any atom is -0.388 e. The van der Waals surface area contributed by atoms with Crippen LogP contribution in [0.1, 0.15) is 26.7 Å². The fraction of sp³-hybridized carbons (Fsp3) is 0.667. The predicted molar refractivity (Wildman–Crippen MR) is 43.8 cm³/mol. The zero-order chi connectivity index (χ0) is 7.98. The molecule has 0 aromatic carbocycles. The van der Waals surface area contributed by atoms with Crippen LogP contribution in [0.25, 0.3) is 0 Å². The SMILES string of the molecule is C=C=CC(O)C(C)CCC. The standard InChI is InChI=1S/C9H16O/c1-4-6-8(3)9(10)7-5-2/h7-10H,2,4,6H2,1,3H3. The first kappa shape index (κ1) is 9.48. The molecule has 58 valence electrons. The van der Waals surface area contributed by atoms with Crippen LogP contribution in [0, 0.1) is 5.92 Å². The Labute approximate surface area is 63.1 Å². The van der Waals surface area contributed by atoms with Crippen molar-refractivity contribution >= 4 is 0 Å². The van der Waals surface area contributed by atoms with Crippen molar-refractivity contribution < 1.29 is 5.11 Å². The van der Waals surface area contributed by atoms with Crippen LogP contribution in [0.4, 0.5) is 0 Å². The van der Waals surface area contributed by atoms with E-state index in [1.165, 1.54) is 0 Å². The lowest BCUT2D eigenvalue weighted by atomic mass is 10.00. The molecule has 2 atom stereocenters. The summed E-state index contributed by atoms with van der Waals surface area (Å²) < 4.78 is 0. The molecule has 0 bridgehead atoms. The molecule has 0 rings (SSSR count). The second-order valence-corrected chi connectivity index (χ2v) is 2.63. The van der Waals surface area contributed by atoms with Gasteiger partial charge in [-0.1, -0.05) is 26.8 Å². The lowest BCUT2D eigenvalue weighted by Gasteiger charge is -2.12. The fourth-order valence-electron chi connectivity index (χ4n) is 0.911. The Balaban J connectivity index is 3.69. The third-order valence-electron chi connectivity index (χ3n) is 1.62. The van der Waals surface area contributed by atoms with Crippen molar-refractivity contribution in [1.29, 1.82) is 0 Å². The molecule has 0 aliphatic carbocycles. The van der Waals surface area contributed by atoms with Gasteiger partial charge in [-0.15, -0.1) is 5.73 Å². The highest BCUT2D eigenvalue weighted by atomic mass is 16.3. The summed E-state index contributed by atoms with van der Waals surface area (Å²) in [5.41, 5.74) is 2.58. The van der Waals surface area contributed by atoms with E-state index in [4.69, 9.17) is 0 Å². The third kappa shape index (κ3) is 3.49. The summed E-state index contributed by atoms with van der Waals surface area (Å²) in [4.78, 5) is 0. The third-order valence-corrected chi connectivity index (χ3v) is 1.62. The van der Waals surface area contributed by atoms with Crippen LogP contribution in [-0.2, 0) is 0 Å². The van der Waals surface area contributed by atoms with Crippen LogP contribution in [0.3, 0.4) is 0 Å². The van der Waals surface area contributed by atoms with Crippen molar-refractivity contribution in [2.45, 2.75) is 32.8 Å². The lowest BCUT2D eigenvalue weighted by Crippen LogP contribution is -2.13. The zero-order valence-corrected chi connectivity index (χ0v) is 6.80. The van der Waals surface area contributed by atoms with E-state index in [1.54, 1.807) is 6.08 Å². The number of aliphatic hydroxyl groups is 1. The van der Waals surface area contributed by atoms with Gasteiger partial charge in [0.05, 0.1) is 6.10 Å². The van der Waals surface area contributed by atoms with E-state index in [-0.39, 0.29) is 6.10 Å². The molecule has 0 aromatic rings. The second-order valence-electron chi connectivity index (χ2n) is 2.63. The van der Waals surface area contributed by atoms with E-state index in [1.807, 2.05) is 6.92 Å². The minimum absolute atomic E-state index is 0.333. The van der Waals surface area contributed by atoms with Gasteiger partial charge in [-0.3, -0.25) is 0 Å². The summed E-state index contributed by atoms with van der Waals surface area (Å²) >= 11 is 0. The quantitative estimate of drug-likeness (QED) is 0.593. The number of rotatable bonds is 4. The van der Waals surface area contributed by atoms with Gasteiger partial charge in [0.25, 0.3) is 0 Å². The molecule has 0 aliphatic rings. The molecule has 0 spiro atoms. The maximum Gasteiger partial charge on any atom is 0.0819 e. The summed E-state index contributed by atoms with van der Waals surface area (Å²) in [6.07, 6.45) is 3.42. The van der Waals surface area contributed by atoms with Gasteiger partial charge in [0, 0.05) is 0 Å². The number of aliphatic hydroxyl groups excluding tert-OH is 1. The van der Waals surface area contributed by atoms with E-state index in [9.17, 15) is 5.11 Å². The van der Waals surface area contributed by atoms with Gasteiger partial charge >= 0.3 is 0 Å². The highest BCUT2D eigenvalue weighted by molar-refractivity contribution is 4.86. The van der Waals surface area contributed by atoms with Gasteiger partial charge in [0.15, 0.2) is 0 Å². The summed E-state index contributed by atoms with van der Waals surface area (Å²) in [7, 11) is 0. The van der Waals surface area contributed by atoms with Crippen LogP contribution in [-0.4, -0.2) is 11.2 Å². The van der Waals surface area contributed by atoms with Crippen molar-refractivity contribution in [3.05, 3.63) is 18.4 Å². The van der Waals surface area contributed by atoms with E-state index < -0.39 is 0 Å². The van der Waals surface area contributed by atoms with Gasteiger partial charge < -0.3 is 5.11 Å². The average molecular weight is 140 g/mol. The first-order valence-corrected chi connectivity index (χ1v) is 3.76. The lowest BCUT2D eigenvalue weighted by molar-refractivity contribution is 0.156. The molecule has 0 heterocycles. The average Bonchev–Trinajstić information content (AvgIpc) is 1.89. The van der Waals surface area contributed by atoms with Gasteiger partial charge in [-0.2, -0.15) is 0 Å².